The Morgan fingerprint density at radius 2 is 1.46 bits per heavy atom. The van der Waals surface area contributed by atoms with E-state index in [4.69, 9.17) is 28.8 Å². The molecular weight excluding hydrogens is 628 g/mol. The lowest BCUT2D eigenvalue weighted by Crippen LogP contribution is -2.33. The van der Waals surface area contributed by atoms with Crippen LogP contribution in [0.5, 0.6) is 11.5 Å². The fraction of sp³-hybridized carbons (Fsp3) is 0.294. The number of hydrogen-bond acceptors (Lipinski definition) is 13. The Balaban J connectivity index is 0.000000545. The zero-order valence-corrected chi connectivity index (χ0v) is 26.0. The van der Waals surface area contributed by atoms with Crippen molar-refractivity contribution in [3.05, 3.63) is 96.6 Å². The van der Waals surface area contributed by atoms with E-state index in [1.54, 1.807) is 37.3 Å². The van der Waals surface area contributed by atoms with E-state index in [1.807, 2.05) is 0 Å². The van der Waals surface area contributed by atoms with Crippen molar-refractivity contribution in [2.75, 3.05) is 13.7 Å². The molecule has 0 bridgehead atoms. The van der Waals surface area contributed by atoms with Crippen molar-refractivity contribution in [2.24, 2.45) is 0 Å². The van der Waals surface area contributed by atoms with Gasteiger partial charge in [-0.1, -0.05) is 19.6 Å². The Morgan fingerprint density at radius 3 is 1.92 bits per heavy atom. The first kappa shape index (κ1) is 40.1. The Bertz CT molecular complexity index is 1540. The van der Waals surface area contributed by atoms with Crippen molar-refractivity contribution in [3.63, 3.8) is 0 Å². The van der Waals surface area contributed by atoms with Crippen LogP contribution in [0, 0.1) is 0 Å². The number of esters is 4. The molecule has 0 aliphatic rings. The maximum atomic E-state index is 12.4. The van der Waals surface area contributed by atoms with E-state index in [1.165, 1.54) is 57.0 Å². The number of rotatable bonds is 15. The van der Waals surface area contributed by atoms with E-state index in [0.29, 0.717) is 12.2 Å². The van der Waals surface area contributed by atoms with Gasteiger partial charge in [-0.05, 0) is 62.2 Å². The van der Waals surface area contributed by atoms with Crippen molar-refractivity contribution < 1.29 is 57.6 Å². The zero-order chi connectivity index (χ0) is 34.8. The van der Waals surface area contributed by atoms with Crippen molar-refractivity contribution in [3.8, 4) is 11.5 Å². The topological polar surface area (TPSA) is 195 Å². The average molecular weight is 667 g/mol. The predicted octanol–water partition coefficient (Wildman–Crippen LogP) is 4.21. The third-order valence-electron chi connectivity index (χ3n) is 5.77. The van der Waals surface area contributed by atoms with E-state index in [2.05, 4.69) is 16.5 Å². The van der Waals surface area contributed by atoms with Gasteiger partial charge in [0.2, 0.25) is 12.2 Å². The molecule has 256 valence electrons. The second-order valence-corrected chi connectivity index (χ2v) is 9.42. The van der Waals surface area contributed by atoms with Gasteiger partial charge in [0.25, 0.3) is 0 Å². The molecule has 0 aliphatic carbocycles. The molecule has 0 radical (unpaired) electrons. The molecule has 1 aromatic carbocycles. The summed E-state index contributed by atoms with van der Waals surface area (Å²) in [6, 6.07) is 11.1. The lowest BCUT2D eigenvalue weighted by atomic mass is 10.1. The van der Waals surface area contributed by atoms with Crippen molar-refractivity contribution in [2.45, 2.75) is 52.7 Å². The number of aliphatic carboxylic acids is 1. The number of ether oxygens (including phenoxy) is 5. The molecule has 0 saturated carbocycles. The molecule has 48 heavy (non-hydrogen) atoms. The number of nitrogens with zero attached hydrogens (tertiary/aromatic N) is 2. The highest BCUT2D eigenvalue weighted by molar-refractivity contribution is 5.93. The fourth-order valence-electron chi connectivity index (χ4n) is 3.62. The molecule has 0 aliphatic heterocycles. The highest BCUT2D eigenvalue weighted by Crippen LogP contribution is 2.29. The number of carboxylic acid groups (broad SMARTS) is 1. The molecule has 0 amide bonds. The maximum absolute atomic E-state index is 12.4. The minimum absolute atomic E-state index is 0. The molecule has 0 spiro atoms. The van der Waals surface area contributed by atoms with E-state index < -0.39 is 48.5 Å². The van der Waals surface area contributed by atoms with Crippen LogP contribution in [0.3, 0.4) is 0 Å². The summed E-state index contributed by atoms with van der Waals surface area (Å²) in [4.78, 5) is 77.5. The molecule has 0 saturated heterocycles. The zero-order valence-electron chi connectivity index (χ0n) is 26.0. The second kappa shape index (κ2) is 21.0. The van der Waals surface area contributed by atoms with Crippen molar-refractivity contribution in [1.29, 1.82) is 0 Å². The third-order valence-corrected chi connectivity index (χ3v) is 5.77. The number of aromatic nitrogens is 2. The number of methoxy groups -OCH3 is 1. The van der Waals surface area contributed by atoms with Crippen LogP contribution >= 0.6 is 0 Å². The second-order valence-electron chi connectivity index (χ2n) is 9.42. The molecule has 3 rings (SSSR count). The number of hydrogen-bond donors (Lipinski definition) is 1. The summed E-state index contributed by atoms with van der Waals surface area (Å²) < 4.78 is 25.4. The monoisotopic (exact) mass is 666 g/mol. The smallest absolute Gasteiger partial charge is 0.348 e. The van der Waals surface area contributed by atoms with Gasteiger partial charge in [-0.25, -0.2) is 19.2 Å². The Hall–Kier alpha value is -5.92. The van der Waals surface area contributed by atoms with Gasteiger partial charge in [-0.3, -0.25) is 19.6 Å². The molecule has 14 heteroatoms. The van der Waals surface area contributed by atoms with Crippen LogP contribution in [0.1, 0.15) is 60.4 Å². The number of allylic oxidation sites excluding steroid dienone is 1. The Morgan fingerprint density at radius 1 is 0.875 bits per heavy atom. The van der Waals surface area contributed by atoms with Crippen molar-refractivity contribution in [1.82, 2.24) is 9.97 Å². The lowest BCUT2D eigenvalue weighted by molar-refractivity contribution is -0.157. The number of carbonyl (C=O) groups excluding carboxylic acids is 5. The van der Waals surface area contributed by atoms with E-state index in [-0.39, 0.29) is 43.1 Å². The number of Topliss-reactive ketones (excluding diaryl/α,β-unsaturated/α-hetero) is 1. The molecule has 2 aromatic heterocycles. The van der Waals surface area contributed by atoms with Crippen LogP contribution in [0.15, 0.2) is 79.9 Å². The van der Waals surface area contributed by atoms with E-state index in [0.717, 1.165) is 5.56 Å². The highest BCUT2D eigenvalue weighted by atomic mass is 16.6. The first-order chi connectivity index (χ1) is 22.5. The fourth-order valence-corrected chi connectivity index (χ4v) is 3.62. The van der Waals surface area contributed by atoms with Gasteiger partial charge in [0, 0.05) is 24.8 Å². The number of carboxylic acids is 1. The third kappa shape index (κ3) is 13.6. The summed E-state index contributed by atoms with van der Waals surface area (Å²) in [6.45, 7) is 6.57. The van der Waals surface area contributed by atoms with Crippen LogP contribution < -0.4 is 9.47 Å². The number of ketones is 1. The van der Waals surface area contributed by atoms with Gasteiger partial charge >= 0.3 is 29.8 Å². The minimum atomic E-state index is -1.46. The number of carbonyl (C=O) groups is 6. The Labute approximate surface area is 277 Å². The molecule has 2 unspecified atom stereocenters. The van der Waals surface area contributed by atoms with Gasteiger partial charge in [0.05, 0.1) is 37.7 Å². The largest absolute Gasteiger partial charge is 0.493 e. The summed E-state index contributed by atoms with van der Waals surface area (Å²) in [5, 5.41) is 8.77. The van der Waals surface area contributed by atoms with Crippen LogP contribution in [0.25, 0.3) is 0 Å². The van der Waals surface area contributed by atoms with Gasteiger partial charge in [-0.15, -0.1) is 6.58 Å². The van der Waals surface area contributed by atoms with Crippen LogP contribution in [-0.2, 0) is 39.8 Å². The molecule has 2 heterocycles. The van der Waals surface area contributed by atoms with Crippen LogP contribution in [-0.4, -0.2) is 76.6 Å². The van der Waals surface area contributed by atoms with Gasteiger partial charge in [0.1, 0.15) is 5.78 Å². The van der Waals surface area contributed by atoms with Gasteiger partial charge in [0.15, 0.2) is 11.5 Å². The molecular formula is C34H38N2O12. The highest BCUT2D eigenvalue weighted by Gasteiger charge is 2.29. The SMILES string of the molecule is C.C=CCc1ccc(OC(=O)CC(OC(=O)c2cccnc2)C(=O)OCC)c(OC)c1.CC(=O)CC(OC(=O)c1cccnc1)C(=O)O. The maximum Gasteiger partial charge on any atom is 0.348 e. The molecule has 0 fully saturated rings. The molecule has 3 aromatic rings. The summed E-state index contributed by atoms with van der Waals surface area (Å²) in [7, 11) is 1.45. The quantitative estimate of drug-likeness (QED) is 0.105. The lowest BCUT2D eigenvalue weighted by Gasteiger charge is -2.16. The first-order valence-electron chi connectivity index (χ1n) is 14.1. The molecule has 14 nitrogen and oxygen atoms in total. The van der Waals surface area contributed by atoms with E-state index in [9.17, 15) is 28.8 Å². The molecule has 1 N–H and O–H groups in total. The average Bonchev–Trinajstić information content (AvgIpc) is 3.05. The summed E-state index contributed by atoms with van der Waals surface area (Å²) in [5.74, 6) is -4.44. The first-order valence-corrected chi connectivity index (χ1v) is 14.1. The normalized spacial score (nSPS) is 11.1. The van der Waals surface area contributed by atoms with Crippen LogP contribution in [0.2, 0.25) is 0 Å². The van der Waals surface area contributed by atoms with E-state index >= 15 is 0 Å². The standard InChI is InChI=1S/C22H23NO7.C11H11NO5.CH4/c1-4-7-15-9-10-17(18(12-15)27-3)29-20(24)13-19(22(26)28-5-2)30-21(25)16-8-6-11-23-14-16;1-7(13)5-9(10(14)15)17-11(16)8-3-2-4-12-6-8;/h4,6,8-12,14,19H,1,5,7,13H2,2-3H3;2-4,6,9H,5H2,1H3,(H,14,15);1H4. The summed E-state index contributed by atoms with van der Waals surface area (Å²) in [6.07, 6.45) is 4.08. The predicted molar refractivity (Wildman–Crippen MR) is 170 cm³/mol. The summed E-state index contributed by atoms with van der Waals surface area (Å²) in [5.41, 5.74) is 1.21. The molecule has 2 atom stereocenters. The van der Waals surface area contributed by atoms with Crippen LogP contribution in [0.4, 0.5) is 0 Å². The van der Waals surface area contributed by atoms with Gasteiger partial charge < -0.3 is 28.8 Å². The van der Waals surface area contributed by atoms with Crippen molar-refractivity contribution >= 4 is 35.6 Å². The number of pyridine rings is 2. The minimum Gasteiger partial charge on any atom is -0.493 e. The Kier molecular flexibility index (Phi) is 17.5. The van der Waals surface area contributed by atoms with Gasteiger partial charge in [-0.2, -0.15) is 0 Å². The number of benzene rings is 1. The summed E-state index contributed by atoms with van der Waals surface area (Å²) >= 11 is 0.